The maximum atomic E-state index is 12.5. The second-order valence-electron chi connectivity index (χ2n) is 6.25. The number of benzene rings is 2. The minimum Gasteiger partial charge on any atom is -0.371 e. The number of hydrogen-bond acceptors (Lipinski definition) is 4. The average Bonchev–Trinajstić information content (AvgIpc) is 3.21. The minimum atomic E-state index is -3.67. The zero-order valence-corrected chi connectivity index (χ0v) is 15.6. The Bertz CT molecular complexity index is 957. The largest absolute Gasteiger partial charge is 0.371 e. The summed E-state index contributed by atoms with van der Waals surface area (Å²) in [5.41, 5.74) is 2.17. The van der Waals surface area contributed by atoms with Gasteiger partial charge >= 0.3 is 0 Å². The van der Waals surface area contributed by atoms with Gasteiger partial charge in [0.05, 0.1) is 11.4 Å². The number of rotatable bonds is 6. The van der Waals surface area contributed by atoms with Gasteiger partial charge in [-0.15, -0.1) is 6.42 Å². The third-order valence-electron chi connectivity index (χ3n) is 4.37. The molecular weight excluding hydrogens is 362 g/mol. The third-order valence-corrected chi connectivity index (χ3v) is 5.78. The van der Waals surface area contributed by atoms with Gasteiger partial charge < -0.3 is 10.2 Å². The summed E-state index contributed by atoms with van der Waals surface area (Å²) in [4.78, 5) is 14.8. The first-order valence-corrected chi connectivity index (χ1v) is 10.2. The van der Waals surface area contributed by atoms with Crippen LogP contribution >= 0.6 is 0 Å². The number of terminal acetylenes is 1. The molecule has 140 valence electrons. The summed E-state index contributed by atoms with van der Waals surface area (Å²) < 4.78 is 26.3. The number of sulfonamides is 1. The number of carbonyl (C=O) groups is 1. The lowest BCUT2D eigenvalue weighted by molar-refractivity contribution is 0.102. The summed E-state index contributed by atoms with van der Waals surface area (Å²) in [5, 5.41) is 2.86. The van der Waals surface area contributed by atoms with E-state index < -0.39 is 10.0 Å². The van der Waals surface area contributed by atoms with Crippen LogP contribution in [0.15, 0.2) is 53.4 Å². The highest BCUT2D eigenvalue weighted by atomic mass is 32.2. The van der Waals surface area contributed by atoms with Crippen molar-refractivity contribution in [3.8, 4) is 12.3 Å². The van der Waals surface area contributed by atoms with Gasteiger partial charge in [-0.1, -0.05) is 12.0 Å². The number of hydrogen-bond donors (Lipinski definition) is 2. The molecular formula is C20H21N3O3S. The Morgan fingerprint density at radius 2 is 1.81 bits per heavy atom. The van der Waals surface area contributed by atoms with Gasteiger partial charge in [-0.25, -0.2) is 8.42 Å². The first-order chi connectivity index (χ1) is 13.0. The van der Waals surface area contributed by atoms with Crippen LogP contribution in [0.1, 0.15) is 23.2 Å². The van der Waals surface area contributed by atoms with Crippen LogP contribution in [0.25, 0.3) is 0 Å². The van der Waals surface area contributed by atoms with Crippen LogP contribution in [0.5, 0.6) is 0 Å². The van der Waals surface area contributed by atoms with Crippen LogP contribution in [0.3, 0.4) is 0 Å². The van der Waals surface area contributed by atoms with Crippen molar-refractivity contribution in [2.24, 2.45) is 0 Å². The van der Waals surface area contributed by atoms with E-state index in [1.165, 1.54) is 37.1 Å². The number of carbonyl (C=O) groups excluding carboxylic acids is 1. The molecule has 0 radical (unpaired) electrons. The van der Waals surface area contributed by atoms with E-state index in [9.17, 15) is 13.2 Å². The van der Waals surface area contributed by atoms with E-state index in [-0.39, 0.29) is 17.3 Å². The van der Waals surface area contributed by atoms with Crippen LogP contribution in [-0.2, 0) is 10.0 Å². The third kappa shape index (κ3) is 4.67. The molecule has 1 amide bonds. The fourth-order valence-corrected chi connectivity index (χ4v) is 3.90. The van der Waals surface area contributed by atoms with E-state index >= 15 is 0 Å². The van der Waals surface area contributed by atoms with Gasteiger partial charge in [-0.05, 0) is 55.3 Å². The number of nitrogens with one attached hydrogen (secondary N) is 2. The number of amides is 1. The zero-order chi connectivity index (χ0) is 19.3. The Balaban J connectivity index is 1.70. The maximum Gasteiger partial charge on any atom is 0.255 e. The highest BCUT2D eigenvalue weighted by Crippen LogP contribution is 2.23. The SMILES string of the molecule is C#CCNS(=O)(=O)c1ccc(C(=O)Nc2cccc(N3CCCC3)c2)cc1. The maximum absolute atomic E-state index is 12.5. The molecule has 0 spiro atoms. The van der Waals surface area contributed by atoms with Crippen LogP contribution in [0, 0.1) is 12.3 Å². The molecule has 0 unspecified atom stereocenters. The smallest absolute Gasteiger partial charge is 0.255 e. The molecule has 0 aliphatic carbocycles. The molecule has 1 fully saturated rings. The summed E-state index contributed by atoms with van der Waals surface area (Å²) in [7, 11) is -3.67. The normalized spacial score (nSPS) is 14.0. The summed E-state index contributed by atoms with van der Waals surface area (Å²) in [6, 6.07) is 13.4. The molecule has 2 aromatic carbocycles. The van der Waals surface area contributed by atoms with Gasteiger partial charge in [0.25, 0.3) is 5.91 Å². The predicted octanol–water partition coefficient (Wildman–Crippen LogP) is 2.45. The van der Waals surface area contributed by atoms with Crippen LogP contribution < -0.4 is 14.9 Å². The molecule has 0 aromatic heterocycles. The van der Waals surface area contributed by atoms with Gasteiger partial charge in [0.15, 0.2) is 0 Å². The van der Waals surface area contributed by atoms with Gasteiger partial charge in [-0.2, -0.15) is 4.72 Å². The molecule has 2 N–H and O–H groups in total. The molecule has 1 saturated heterocycles. The topological polar surface area (TPSA) is 78.5 Å². The van der Waals surface area contributed by atoms with Gasteiger partial charge in [0.2, 0.25) is 10.0 Å². The molecule has 6 nitrogen and oxygen atoms in total. The summed E-state index contributed by atoms with van der Waals surface area (Å²) in [5.74, 6) is 1.92. The lowest BCUT2D eigenvalue weighted by Gasteiger charge is -2.18. The molecule has 1 heterocycles. The highest BCUT2D eigenvalue weighted by molar-refractivity contribution is 7.89. The van der Waals surface area contributed by atoms with Gasteiger partial charge in [0.1, 0.15) is 0 Å². The Labute approximate surface area is 159 Å². The van der Waals surface area contributed by atoms with Crippen LogP contribution in [0.2, 0.25) is 0 Å². The van der Waals surface area contributed by atoms with E-state index in [0.29, 0.717) is 11.3 Å². The van der Waals surface area contributed by atoms with Crippen LogP contribution in [0.4, 0.5) is 11.4 Å². The fraction of sp³-hybridized carbons (Fsp3) is 0.250. The Hall–Kier alpha value is -2.82. The van der Waals surface area contributed by atoms with Crippen molar-refractivity contribution in [3.63, 3.8) is 0 Å². The Morgan fingerprint density at radius 1 is 1.11 bits per heavy atom. The Kier molecular flexibility index (Phi) is 5.79. The van der Waals surface area contributed by atoms with Crippen molar-refractivity contribution in [2.45, 2.75) is 17.7 Å². The molecule has 3 rings (SSSR count). The molecule has 0 saturated carbocycles. The van der Waals surface area contributed by atoms with Crippen molar-refractivity contribution >= 4 is 27.3 Å². The van der Waals surface area contributed by atoms with Crippen molar-refractivity contribution in [2.75, 3.05) is 29.9 Å². The van der Waals surface area contributed by atoms with E-state index in [2.05, 4.69) is 20.9 Å². The van der Waals surface area contributed by atoms with Crippen LogP contribution in [-0.4, -0.2) is 34.0 Å². The lowest BCUT2D eigenvalue weighted by atomic mass is 10.2. The van der Waals surface area contributed by atoms with Crippen molar-refractivity contribution < 1.29 is 13.2 Å². The van der Waals surface area contributed by atoms with Gasteiger partial charge in [-0.3, -0.25) is 4.79 Å². The van der Waals surface area contributed by atoms with E-state index in [0.717, 1.165) is 18.8 Å². The van der Waals surface area contributed by atoms with Crippen molar-refractivity contribution in [1.82, 2.24) is 4.72 Å². The van der Waals surface area contributed by atoms with Gasteiger partial charge in [0, 0.05) is 30.0 Å². The van der Waals surface area contributed by atoms with E-state index in [1.807, 2.05) is 24.3 Å². The monoisotopic (exact) mass is 383 g/mol. The fourth-order valence-electron chi connectivity index (χ4n) is 2.96. The van der Waals surface area contributed by atoms with Crippen molar-refractivity contribution in [1.29, 1.82) is 0 Å². The Morgan fingerprint density at radius 3 is 2.48 bits per heavy atom. The first kappa shape index (κ1) is 19.0. The zero-order valence-electron chi connectivity index (χ0n) is 14.8. The minimum absolute atomic E-state index is 0.0605. The summed E-state index contributed by atoms with van der Waals surface area (Å²) >= 11 is 0. The standard InChI is InChI=1S/C20H21N3O3S/c1-2-12-21-27(25,26)19-10-8-16(9-11-19)20(24)22-17-6-5-7-18(15-17)23-13-3-4-14-23/h1,5-11,15,21H,3-4,12-14H2,(H,22,24). The summed E-state index contributed by atoms with van der Waals surface area (Å²) in [6.07, 6.45) is 7.43. The molecule has 7 heteroatoms. The predicted molar refractivity (Wildman–Crippen MR) is 106 cm³/mol. The molecule has 1 aliphatic heterocycles. The lowest BCUT2D eigenvalue weighted by Crippen LogP contribution is -2.24. The molecule has 0 atom stereocenters. The quantitative estimate of drug-likeness (QED) is 0.751. The second kappa shape index (κ2) is 8.25. The number of anilines is 2. The van der Waals surface area contributed by atoms with E-state index in [4.69, 9.17) is 6.42 Å². The van der Waals surface area contributed by atoms with E-state index in [1.54, 1.807) is 0 Å². The average molecular weight is 383 g/mol. The second-order valence-corrected chi connectivity index (χ2v) is 8.02. The molecule has 0 bridgehead atoms. The molecule has 2 aromatic rings. The first-order valence-electron chi connectivity index (χ1n) is 8.69. The molecule has 27 heavy (non-hydrogen) atoms. The highest BCUT2D eigenvalue weighted by Gasteiger charge is 2.15. The van der Waals surface area contributed by atoms with Crippen molar-refractivity contribution in [3.05, 3.63) is 54.1 Å². The summed E-state index contributed by atoms with van der Waals surface area (Å²) in [6.45, 7) is 1.97. The number of nitrogens with zero attached hydrogens (tertiary/aromatic N) is 1. The molecule has 1 aliphatic rings.